The first kappa shape index (κ1) is 17.0. The lowest BCUT2D eigenvalue weighted by atomic mass is 9.75. The van der Waals surface area contributed by atoms with Gasteiger partial charge in [-0.05, 0) is 58.1 Å². The largest absolute Gasteiger partial charge is 0.329 e. The number of hydrogen-bond donors (Lipinski definition) is 1. The van der Waals surface area contributed by atoms with Crippen LogP contribution in [0.2, 0.25) is 10.0 Å². The van der Waals surface area contributed by atoms with Gasteiger partial charge in [0.25, 0.3) is 0 Å². The quantitative estimate of drug-likeness (QED) is 0.868. The molecular formula is C16H25Cl2N3. The van der Waals surface area contributed by atoms with Crippen molar-refractivity contribution in [3.8, 4) is 0 Å². The average molecular weight is 330 g/mol. The second-order valence-electron chi connectivity index (χ2n) is 6.30. The van der Waals surface area contributed by atoms with Gasteiger partial charge in [0.1, 0.15) is 0 Å². The molecule has 1 aromatic carbocycles. The van der Waals surface area contributed by atoms with Gasteiger partial charge in [-0.2, -0.15) is 0 Å². The fourth-order valence-corrected chi connectivity index (χ4v) is 3.76. The Morgan fingerprint density at radius 3 is 2.33 bits per heavy atom. The molecule has 0 amide bonds. The van der Waals surface area contributed by atoms with E-state index < -0.39 is 0 Å². The van der Waals surface area contributed by atoms with E-state index in [4.69, 9.17) is 28.9 Å². The molecule has 2 rings (SSSR count). The molecule has 0 bridgehead atoms. The second-order valence-corrected chi connectivity index (χ2v) is 7.15. The molecule has 0 aliphatic heterocycles. The fraction of sp³-hybridized carbons (Fsp3) is 0.625. The van der Waals surface area contributed by atoms with E-state index in [1.54, 1.807) is 6.07 Å². The van der Waals surface area contributed by atoms with Crippen LogP contribution in [0.1, 0.15) is 30.9 Å². The molecule has 0 radical (unpaired) electrons. The average Bonchev–Trinajstić information content (AvgIpc) is 2.36. The molecule has 1 unspecified atom stereocenters. The van der Waals surface area contributed by atoms with Crippen molar-refractivity contribution >= 4 is 23.2 Å². The Labute approximate surface area is 138 Å². The van der Waals surface area contributed by atoms with E-state index in [1.807, 2.05) is 12.1 Å². The molecule has 0 spiro atoms. The first-order valence-corrected chi connectivity index (χ1v) is 8.18. The minimum atomic E-state index is 0.118. The predicted molar refractivity (Wildman–Crippen MR) is 91.2 cm³/mol. The molecule has 1 aliphatic carbocycles. The van der Waals surface area contributed by atoms with Crippen molar-refractivity contribution in [1.29, 1.82) is 0 Å². The third kappa shape index (κ3) is 3.54. The lowest BCUT2D eigenvalue weighted by Crippen LogP contribution is -2.57. The Bertz CT molecular complexity index is 486. The van der Waals surface area contributed by atoms with Crippen molar-refractivity contribution in [1.82, 2.24) is 9.80 Å². The van der Waals surface area contributed by atoms with E-state index in [-0.39, 0.29) is 11.6 Å². The lowest BCUT2D eigenvalue weighted by Gasteiger charge is -2.50. The van der Waals surface area contributed by atoms with Crippen molar-refractivity contribution in [2.24, 2.45) is 5.73 Å². The van der Waals surface area contributed by atoms with Gasteiger partial charge in [-0.3, -0.25) is 4.90 Å². The molecule has 1 atom stereocenters. The smallest absolute Gasteiger partial charge is 0.0482 e. The maximum Gasteiger partial charge on any atom is 0.0482 e. The molecule has 1 aromatic rings. The standard InChI is InChI=1S/C16H25Cl2N3/c1-20(2)16(7-4-8-16)11-21(3)15(10-19)13-6-5-12(17)9-14(13)18/h5-6,9,15H,4,7-8,10-11,19H2,1-3H3. The summed E-state index contributed by atoms with van der Waals surface area (Å²) >= 11 is 12.3. The summed E-state index contributed by atoms with van der Waals surface area (Å²) < 4.78 is 0. The maximum atomic E-state index is 6.35. The molecule has 1 aliphatic rings. The minimum Gasteiger partial charge on any atom is -0.329 e. The summed E-state index contributed by atoms with van der Waals surface area (Å²) in [6.45, 7) is 1.54. The van der Waals surface area contributed by atoms with Crippen LogP contribution in [0.25, 0.3) is 0 Å². The SMILES string of the molecule is CN(CC1(N(C)C)CCC1)C(CN)c1ccc(Cl)cc1Cl. The number of nitrogens with zero attached hydrogens (tertiary/aromatic N) is 2. The van der Waals surface area contributed by atoms with Crippen LogP contribution in [0.4, 0.5) is 0 Å². The zero-order valence-electron chi connectivity index (χ0n) is 13.1. The monoisotopic (exact) mass is 329 g/mol. The molecule has 0 heterocycles. The first-order valence-electron chi connectivity index (χ1n) is 7.42. The van der Waals surface area contributed by atoms with Crippen molar-refractivity contribution in [2.75, 3.05) is 34.2 Å². The highest BCUT2D eigenvalue weighted by molar-refractivity contribution is 6.35. The molecule has 5 heteroatoms. The van der Waals surface area contributed by atoms with Gasteiger partial charge in [-0.1, -0.05) is 29.3 Å². The third-order valence-electron chi connectivity index (χ3n) is 4.85. The highest BCUT2D eigenvalue weighted by Crippen LogP contribution is 2.38. The fourth-order valence-electron chi connectivity index (χ4n) is 3.22. The van der Waals surface area contributed by atoms with Crippen LogP contribution in [-0.4, -0.2) is 49.6 Å². The van der Waals surface area contributed by atoms with Gasteiger partial charge in [0.15, 0.2) is 0 Å². The number of likely N-dealkylation sites (N-methyl/N-ethyl adjacent to an activating group) is 2. The summed E-state index contributed by atoms with van der Waals surface area (Å²) in [5.41, 5.74) is 7.35. The van der Waals surface area contributed by atoms with Gasteiger partial charge in [-0.25, -0.2) is 0 Å². The zero-order chi connectivity index (χ0) is 15.6. The summed E-state index contributed by atoms with van der Waals surface area (Å²) in [6.07, 6.45) is 3.80. The van der Waals surface area contributed by atoms with Crippen LogP contribution in [0.15, 0.2) is 18.2 Å². The van der Waals surface area contributed by atoms with E-state index in [1.165, 1.54) is 19.3 Å². The van der Waals surface area contributed by atoms with Crippen LogP contribution in [0.5, 0.6) is 0 Å². The molecule has 1 fully saturated rings. The van der Waals surface area contributed by atoms with E-state index in [9.17, 15) is 0 Å². The van der Waals surface area contributed by atoms with Crippen LogP contribution in [-0.2, 0) is 0 Å². The Hall–Kier alpha value is -0.320. The van der Waals surface area contributed by atoms with Gasteiger partial charge in [0.05, 0.1) is 0 Å². The molecule has 118 valence electrons. The highest BCUT2D eigenvalue weighted by Gasteiger charge is 2.40. The predicted octanol–water partition coefficient (Wildman–Crippen LogP) is 3.41. The molecule has 0 saturated heterocycles. The van der Waals surface area contributed by atoms with Crippen LogP contribution < -0.4 is 5.73 Å². The number of nitrogens with two attached hydrogens (primary N) is 1. The molecule has 2 N–H and O–H groups in total. The van der Waals surface area contributed by atoms with Gasteiger partial charge in [0, 0.05) is 34.7 Å². The third-order valence-corrected chi connectivity index (χ3v) is 5.42. The van der Waals surface area contributed by atoms with Gasteiger partial charge >= 0.3 is 0 Å². The topological polar surface area (TPSA) is 32.5 Å². The minimum absolute atomic E-state index is 0.118. The Kier molecular flexibility index (Phi) is 5.55. The van der Waals surface area contributed by atoms with E-state index in [0.717, 1.165) is 12.1 Å². The summed E-state index contributed by atoms with van der Waals surface area (Å²) in [4.78, 5) is 4.68. The van der Waals surface area contributed by atoms with Gasteiger partial charge in [0.2, 0.25) is 0 Å². The number of halogens is 2. The normalized spacial score (nSPS) is 18.9. The van der Waals surface area contributed by atoms with Crippen LogP contribution in [0.3, 0.4) is 0 Å². The first-order chi connectivity index (χ1) is 9.89. The molecule has 21 heavy (non-hydrogen) atoms. The number of rotatable bonds is 6. The zero-order valence-corrected chi connectivity index (χ0v) is 14.6. The van der Waals surface area contributed by atoms with Crippen molar-refractivity contribution in [3.05, 3.63) is 33.8 Å². The Morgan fingerprint density at radius 1 is 1.24 bits per heavy atom. The molecule has 3 nitrogen and oxygen atoms in total. The van der Waals surface area contributed by atoms with E-state index in [2.05, 4.69) is 30.9 Å². The van der Waals surface area contributed by atoms with Crippen molar-refractivity contribution < 1.29 is 0 Å². The second kappa shape index (κ2) is 6.84. The van der Waals surface area contributed by atoms with E-state index in [0.29, 0.717) is 16.6 Å². The highest BCUT2D eigenvalue weighted by atomic mass is 35.5. The summed E-state index contributed by atoms with van der Waals surface area (Å²) in [5, 5.41) is 1.35. The Morgan fingerprint density at radius 2 is 1.90 bits per heavy atom. The van der Waals surface area contributed by atoms with Gasteiger partial charge in [-0.15, -0.1) is 0 Å². The molecule has 1 saturated carbocycles. The van der Waals surface area contributed by atoms with Crippen LogP contribution >= 0.6 is 23.2 Å². The summed E-state index contributed by atoms with van der Waals surface area (Å²) in [5.74, 6) is 0. The summed E-state index contributed by atoms with van der Waals surface area (Å²) in [6, 6.07) is 5.78. The molecular weight excluding hydrogens is 305 g/mol. The lowest BCUT2D eigenvalue weighted by molar-refractivity contribution is 0.0168. The maximum absolute atomic E-state index is 6.35. The van der Waals surface area contributed by atoms with Crippen molar-refractivity contribution in [2.45, 2.75) is 30.8 Å². The number of hydrogen-bond acceptors (Lipinski definition) is 3. The number of benzene rings is 1. The Balaban J connectivity index is 2.17. The van der Waals surface area contributed by atoms with E-state index >= 15 is 0 Å². The van der Waals surface area contributed by atoms with Crippen LogP contribution in [0, 0.1) is 0 Å². The van der Waals surface area contributed by atoms with Crippen molar-refractivity contribution in [3.63, 3.8) is 0 Å². The molecule has 0 aromatic heterocycles. The van der Waals surface area contributed by atoms with Gasteiger partial charge < -0.3 is 10.6 Å². The summed E-state index contributed by atoms with van der Waals surface area (Å²) in [7, 11) is 6.46.